The molecule has 0 bridgehead atoms. The molecule has 0 spiro atoms. The third kappa shape index (κ3) is 3.94. The van der Waals surface area contributed by atoms with Gasteiger partial charge in [0.2, 0.25) is 5.91 Å². The number of hydrogen-bond acceptors (Lipinski definition) is 4. The highest BCUT2D eigenvalue weighted by Crippen LogP contribution is 2.21. The fourth-order valence-corrected chi connectivity index (χ4v) is 1.70. The number of amides is 1. The number of rotatable bonds is 5. The van der Waals surface area contributed by atoms with Gasteiger partial charge in [0.1, 0.15) is 0 Å². The zero-order chi connectivity index (χ0) is 13.0. The Morgan fingerprint density at radius 3 is 2.65 bits per heavy atom. The van der Waals surface area contributed by atoms with E-state index >= 15 is 0 Å². The number of aryl methyl sites for hydroxylation is 1. The Kier molecular flexibility index (Phi) is 4.31. The Morgan fingerprint density at radius 2 is 2.18 bits per heavy atom. The quantitative estimate of drug-likeness (QED) is 0.796. The molecular formula is C12H20N4O. The number of carbonyl (C=O) groups is 1. The van der Waals surface area contributed by atoms with Crippen LogP contribution in [0.5, 0.6) is 0 Å². The maximum atomic E-state index is 11.1. The predicted molar refractivity (Wildman–Crippen MR) is 69.6 cm³/mol. The Balaban J connectivity index is 2.98. The number of hydrogen-bond donors (Lipinski definition) is 2. The molecule has 17 heavy (non-hydrogen) atoms. The van der Waals surface area contributed by atoms with Crippen molar-refractivity contribution in [2.24, 2.45) is 11.7 Å². The highest BCUT2D eigenvalue weighted by Gasteiger charge is 2.15. The zero-order valence-corrected chi connectivity index (χ0v) is 10.6. The van der Waals surface area contributed by atoms with E-state index in [0.717, 1.165) is 5.56 Å². The van der Waals surface area contributed by atoms with Gasteiger partial charge in [-0.25, -0.2) is 4.98 Å². The van der Waals surface area contributed by atoms with Crippen LogP contribution in [0.1, 0.15) is 19.4 Å². The number of primary amides is 1. The first-order valence-electron chi connectivity index (χ1n) is 5.65. The number of nitrogens with two attached hydrogens (primary N) is 2. The zero-order valence-electron chi connectivity index (χ0n) is 10.6. The second kappa shape index (κ2) is 5.52. The molecule has 0 saturated carbocycles. The van der Waals surface area contributed by atoms with Crippen LogP contribution in [0.3, 0.4) is 0 Å². The maximum Gasteiger partial charge on any atom is 0.236 e. The topological polar surface area (TPSA) is 85.2 Å². The van der Waals surface area contributed by atoms with Gasteiger partial charge in [0.05, 0.1) is 12.2 Å². The van der Waals surface area contributed by atoms with E-state index in [1.54, 1.807) is 6.20 Å². The normalized spacial score (nSPS) is 10.6. The van der Waals surface area contributed by atoms with Crippen molar-refractivity contribution in [2.45, 2.75) is 20.8 Å². The van der Waals surface area contributed by atoms with Gasteiger partial charge in [0, 0.05) is 12.7 Å². The molecule has 0 aliphatic rings. The first kappa shape index (κ1) is 13.3. The molecule has 1 heterocycles. The van der Waals surface area contributed by atoms with Crippen molar-refractivity contribution in [2.75, 3.05) is 23.7 Å². The Morgan fingerprint density at radius 1 is 1.53 bits per heavy atom. The first-order chi connectivity index (χ1) is 7.90. The highest BCUT2D eigenvalue weighted by atomic mass is 16.1. The van der Waals surface area contributed by atoms with Crippen LogP contribution in [0.15, 0.2) is 12.3 Å². The molecule has 5 heteroatoms. The minimum Gasteiger partial charge on any atom is -0.396 e. The van der Waals surface area contributed by atoms with Gasteiger partial charge in [-0.1, -0.05) is 13.8 Å². The van der Waals surface area contributed by atoms with Crippen LogP contribution in [0.2, 0.25) is 0 Å². The van der Waals surface area contributed by atoms with E-state index in [4.69, 9.17) is 11.5 Å². The van der Waals surface area contributed by atoms with Crippen LogP contribution in [-0.4, -0.2) is 24.0 Å². The van der Waals surface area contributed by atoms with Crippen LogP contribution in [0, 0.1) is 12.8 Å². The molecule has 4 N–H and O–H groups in total. The molecule has 0 saturated heterocycles. The lowest BCUT2D eigenvalue weighted by Gasteiger charge is -2.25. The van der Waals surface area contributed by atoms with Crippen molar-refractivity contribution < 1.29 is 4.79 Å². The van der Waals surface area contributed by atoms with E-state index in [-0.39, 0.29) is 12.5 Å². The van der Waals surface area contributed by atoms with Crippen molar-refractivity contribution in [3.05, 3.63) is 17.8 Å². The van der Waals surface area contributed by atoms with Gasteiger partial charge in [-0.05, 0) is 24.5 Å². The summed E-state index contributed by atoms with van der Waals surface area (Å²) in [5.74, 6) is 0.646. The van der Waals surface area contributed by atoms with Gasteiger partial charge < -0.3 is 16.4 Å². The van der Waals surface area contributed by atoms with Gasteiger partial charge in [0.15, 0.2) is 5.82 Å². The molecule has 0 radical (unpaired) electrons. The second-order valence-corrected chi connectivity index (χ2v) is 4.67. The molecule has 94 valence electrons. The minimum atomic E-state index is -0.382. The molecule has 1 aromatic heterocycles. The van der Waals surface area contributed by atoms with Crippen molar-refractivity contribution in [3.8, 4) is 0 Å². The molecule has 0 unspecified atom stereocenters. The van der Waals surface area contributed by atoms with E-state index in [2.05, 4.69) is 18.8 Å². The van der Waals surface area contributed by atoms with Crippen LogP contribution < -0.4 is 16.4 Å². The minimum absolute atomic E-state index is 0.137. The molecular weight excluding hydrogens is 216 g/mol. The summed E-state index contributed by atoms with van der Waals surface area (Å²) < 4.78 is 0. The smallest absolute Gasteiger partial charge is 0.236 e. The van der Waals surface area contributed by atoms with E-state index in [0.29, 0.717) is 24.0 Å². The fraction of sp³-hybridized carbons (Fsp3) is 0.500. The Labute approximate surface area is 102 Å². The van der Waals surface area contributed by atoms with Gasteiger partial charge in [-0.3, -0.25) is 4.79 Å². The number of anilines is 2. The van der Waals surface area contributed by atoms with E-state index < -0.39 is 0 Å². The lowest BCUT2D eigenvalue weighted by atomic mass is 10.2. The molecule has 0 atom stereocenters. The summed E-state index contributed by atoms with van der Waals surface area (Å²) in [4.78, 5) is 17.2. The highest BCUT2D eigenvalue weighted by molar-refractivity contribution is 5.80. The lowest BCUT2D eigenvalue weighted by molar-refractivity contribution is -0.116. The van der Waals surface area contributed by atoms with Crippen LogP contribution in [-0.2, 0) is 4.79 Å². The van der Waals surface area contributed by atoms with Crippen LogP contribution >= 0.6 is 0 Å². The Hall–Kier alpha value is -1.78. The molecule has 0 aliphatic heterocycles. The van der Waals surface area contributed by atoms with E-state index in [1.165, 1.54) is 0 Å². The van der Waals surface area contributed by atoms with Gasteiger partial charge in [-0.2, -0.15) is 0 Å². The molecule has 1 aromatic rings. The second-order valence-electron chi connectivity index (χ2n) is 4.67. The number of aromatic nitrogens is 1. The van der Waals surface area contributed by atoms with E-state index in [1.807, 2.05) is 17.9 Å². The number of carbonyl (C=O) groups excluding carboxylic acids is 1. The standard InChI is InChI=1S/C12H20N4O/c1-8(2)6-16(7-11(14)17)12-10(13)4-9(3)5-15-12/h4-5,8H,6-7,13H2,1-3H3,(H2,14,17). The summed E-state index contributed by atoms with van der Waals surface area (Å²) in [6.07, 6.45) is 1.74. The number of nitrogens with zero attached hydrogens (tertiary/aromatic N) is 2. The van der Waals surface area contributed by atoms with Crippen molar-refractivity contribution in [1.29, 1.82) is 0 Å². The summed E-state index contributed by atoms with van der Waals surface area (Å²) in [5.41, 5.74) is 12.7. The summed E-state index contributed by atoms with van der Waals surface area (Å²) in [6.45, 7) is 6.90. The SMILES string of the molecule is Cc1cnc(N(CC(N)=O)CC(C)C)c(N)c1. The largest absolute Gasteiger partial charge is 0.396 e. The lowest BCUT2D eigenvalue weighted by Crippen LogP contribution is -2.37. The third-order valence-corrected chi connectivity index (χ3v) is 2.26. The number of pyridine rings is 1. The monoisotopic (exact) mass is 236 g/mol. The molecule has 0 aromatic carbocycles. The Bertz CT molecular complexity index is 403. The maximum absolute atomic E-state index is 11.1. The molecule has 1 amide bonds. The molecule has 0 fully saturated rings. The first-order valence-corrected chi connectivity index (χ1v) is 5.65. The molecule has 0 aliphatic carbocycles. The molecule has 5 nitrogen and oxygen atoms in total. The summed E-state index contributed by atoms with van der Waals surface area (Å²) >= 11 is 0. The van der Waals surface area contributed by atoms with Gasteiger partial charge >= 0.3 is 0 Å². The van der Waals surface area contributed by atoms with Crippen molar-refractivity contribution >= 4 is 17.4 Å². The summed E-state index contributed by atoms with van der Waals surface area (Å²) in [6, 6.07) is 1.84. The summed E-state index contributed by atoms with van der Waals surface area (Å²) in [5, 5.41) is 0. The molecule has 1 rings (SSSR count). The third-order valence-electron chi connectivity index (χ3n) is 2.26. The fourth-order valence-electron chi connectivity index (χ4n) is 1.70. The average molecular weight is 236 g/mol. The summed E-state index contributed by atoms with van der Waals surface area (Å²) in [7, 11) is 0. The van der Waals surface area contributed by atoms with Crippen LogP contribution in [0.4, 0.5) is 11.5 Å². The van der Waals surface area contributed by atoms with Crippen molar-refractivity contribution in [1.82, 2.24) is 4.98 Å². The average Bonchev–Trinajstić information content (AvgIpc) is 2.14. The van der Waals surface area contributed by atoms with E-state index in [9.17, 15) is 4.79 Å². The van der Waals surface area contributed by atoms with Crippen molar-refractivity contribution in [3.63, 3.8) is 0 Å². The van der Waals surface area contributed by atoms with Gasteiger partial charge in [0.25, 0.3) is 0 Å². The predicted octanol–water partition coefficient (Wildman–Crippen LogP) is 0.920. The number of nitrogen functional groups attached to an aromatic ring is 1. The van der Waals surface area contributed by atoms with Crippen LogP contribution in [0.25, 0.3) is 0 Å². The van der Waals surface area contributed by atoms with Gasteiger partial charge in [-0.15, -0.1) is 0 Å².